The first kappa shape index (κ1) is 19.0. The van der Waals surface area contributed by atoms with Crippen molar-refractivity contribution in [3.05, 3.63) is 46.1 Å². The molecule has 3 rings (SSSR count). The standard InChI is InChI=1S/C19H21N3O4S/c1-11-5-6-13-14(8-11)27-18(16(13)19(25)26-2)21-15(23)10-22-7-3-4-12(9-22)17(20)24/h3-4,7,9,11H,5-6,8,10H2,1-2H3,(H2-,20,21,23,24,25)/p+1/t11-/m0/s1. The Morgan fingerprint density at radius 2 is 2.19 bits per heavy atom. The van der Waals surface area contributed by atoms with Gasteiger partial charge in [-0.3, -0.25) is 9.59 Å². The maximum absolute atomic E-state index is 12.5. The predicted octanol–water partition coefficient (Wildman–Crippen LogP) is 1.68. The molecule has 2 aromatic rings. The second-order valence-corrected chi connectivity index (χ2v) is 7.83. The van der Waals surface area contributed by atoms with Crippen LogP contribution in [0.25, 0.3) is 0 Å². The summed E-state index contributed by atoms with van der Waals surface area (Å²) in [4.78, 5) is 37.2. The van der Waals surface area contributed by atoms with Crippen molar-refractivity contribution >= 4 is 34.1 Å². The highest BCUT2D eigenvalue weighted by Crippen LogP contribution is 2.39. The first-order valence-corrected chi connectivity index (χ1v) is 9.52. The van der Waals surface area contributed by atoms with E-state index in [1.165, 1.54) is 24.6 Å². The molecule has 0 spiro atoms. The molecule has 1 atom stereocenters. The van der Waals surface area contributed by atoms with E-state index in [0.717, 1.165) is 29.7 Å². The number of nitrogens with one attached hydrogen (secondary N) is 1. The number of esters is 1. The Morgan fingerprint density at radius 1 is 1.41 bits per heavy atom. The summed E-state index contributed by atoms with van der Waals surface area (Å²) in [6.45, 7) is 2.18. The molecule has 1 aliphatic rings. The fourth-order valence-corrected chi connectivity index (χ4v) is 4.67. The molecular formula is C19H22N3O4S+. The Morgan fingerprint density at radius 3 is 2.89 bits per heavy atom. The summed E-state index contributed by atoms with van der Waals surface area (Å²) in [7, 11) is 1.34. The van der Waals surface area contributed by atoms with Crippen molar-refractivity contribution in [2.24, 2.45) is 11.7 Å². The van der Waals surface area contributed by atoms with Gasteiger partial charge >= 0.3 is 5.97 Å². The molecule has 3 N–H and O–H groups in total. The fraction of sp³-hybridized carbons (Fsp3) is 0.368. The number of hydrogen-bond acceptors (Lipinski definition) is 5. The van der Waals surface area contributed by atoms with Gasteiger partial charge in [0.1, 0.15) is 10.6 Å². The predicted molar refractivity (Wildman–Crippen MR) is 101 cm³/mol. The highest BCUT2D eigenvalue weighted by molar-refractivity contribution is 7.17. The number of rotatable bonds is 5. The second kappa shape index (κ2) is 7.87. The average Bonchev–Trinajstić information content (AvgIpc) is 2.97. The van der Waals surface area contributed by atoms with Gasteiger partial charge in [0, 0.05) is 10.9 Å². The normalized spacial score (nSPS) is 15.7. The third kappa shape index (κ3) is 4.16. The first-order chi connectivity index (χ1) is 12.9. The number of fused-ring (bicyclic) bond motifs is 1. The minimum absolute atomic E-state index is 0.000696. The number of nitrogens with two attached hydrogens (primary N) is 1. The van der Waals surface area contributed by atoms with Crippen LogP contribution in [-0.2, 0) is 28.9 Å². The molecule has 2 aromatic heterocycles. The summed E-state index contributed by atoms with van der Waals surface area (Å²) in [6.07, 6.45) is 5.91. The smallest absolute Gasteiger partial charge is 0.341 e. The summed E-state index contributed by atoms with van der Waals surface area (Å²) in [6, 6.07) is 3.24. The zero-order valence-corrected chi connectivity index (χ0v) is 16.1. The van der Waals surface area contributed by atoms with E-state index in [1.807, 2.05) is 0 Å². The van der Waals surface area contributed by atoms with Crippen molar-refractivity contribution in [2.75, 3.05) is 12.4 Å². The number of ether oxygens (including phenoxy) is 1. The van der Waals surface area contributed by atoms with E-state index in [1.54, 1.807) is 22.9 Å². The zero-order chi connectivity index (χ0) is 19.6. The maximum atomic E-state index is 12.5. The fourth-order valence-electron chi connectivity index (χ4n) is 3.25. The van der Waals surface area contributed by atoms with Gasteiger partial charge in [-0.25, -0.2) is 4.79 Å². The van der Waals surface area contributed by atoms with Crippen LogP contribution in [0, 0.1) is 5.92 Å². The van der Waals surface area contributed by atoms with Crippen molar-refractivity contribution in [3.63, 3.8) is 0 Å². The SMILES string of the molecule is COC(=O)c1c(NC(=O)C[n+]2cccc(C(N)=O)c2)sc2c1CC[C@H](C)C2. The molecule has 0 radical (unpaired) electrons. The van der Waals surface area contributed by atoms with Crippen LogP contribution in [0.1, 0.15) is 44.5 Å². The number of pyridine rings is 1. The van der Waals surface area contributed by atoms with Crippen molar-refractivity contribution in [1.29, 1.82) is 0 Å². The molecule has 142 valence electrons. The Balaban J connectivity index is 1.82. The Bertz CT molecular complexity index is 906. The number of methoxy groups -OCH3 is 1. The summed E-state index contributed by atoms with van der Waals surface area (Å²) in [5.41, 5.74) is 7.05. The van der Waals surface area contributed by atoms with Crippen LogP contribution >= 0.6 is 11.3 Å². The van der Waals surface area contributed by atoms with Gasteiger partial charge in [0.05, 0.1) is 12.7 Å². The minimum Gasteiger partial charge on any atom is -0.465 e. The summed E-state index contributed by atoms with van der Waals surface area (Å²) >= 11 is 1.44. The highest BCUT2D eigenvalue weighted by Gasteiger charge is 2.29. The van der Waals surface area contributed by atoms with E-state index < -0.39 is 11.9 Å². The van der Waals surface area contributed by atoms with E-state index in [2.05, 4.69) is 12.2 Å². The number of primary amides is 1. The molecule has 8 heteroatoms. The van der Waals surface area contributed by atoms with E-state index >= 15 is 0 Å². The first-order valence-electron chi connectivity index (χ1n) is 8.70. The summed E-state index contributed by atoms with van der Waals surface area (Å²) < 4.78 is 6.50. The molecular weight excluding hydrogens is 366 g/mol. The van der Waals surface area contributed by atoms with Gasteiger partial charge in [-0.1, -0.05) is 6.92 Å². The molecule has 0 aliphatic heterocycles. The van der Waals surface area contributed by atoms with Crippen LogP contribution < -0.4 is 15.6 Å². The number of anilines is 1. The van der Waals surface area contributed by atoms with Crippen molar-refractivity contribution < 1.29 is 23.7 Å². The molecule has 0 saturated carbocycles. The van der Waals surface area contributed by atoms with E-state index in [4.69, 9.17) is 10.5 Å². The molecule has 0 saturated heterocycles. The van der Waals surface area contributed by atoms with Gasteiger partial charge in [0.25, 0.3) is 11.8 Å². The van der Waals surface area contributed by atoms with E-state index in [0.29, 0.717) is 22.0 Å². The van der Waals surface area contributed by atoms with Crippen LogP contribution in [0.5, 0.6) is 0 Å². The number of aromatic nitrogens is 1. The molecule has 0 aromatic carbocycles. The van der Waals surface area contributed by atoms with Gasteiger partial charge in [-0.15, -0.1) is 11.3 Å². The van der Waals surface area contributed by atoms with Gasteiger partial charge in [-0.2, -0.15) is 4.57 Å². The van der Waals surface area contributed by atoms with Gasteiger partial charge < -0.3 is 15.8 Å². The lowest BCUT2D eigenvalue weighted by molar-refractivity contribution is -0.684. The molecule has 0 unspecified atom stereocenters. The van der Waals surface area contributed by atoms with Crippen LogP contribution in [0.4, 0.5) is 5.00 Å². The third-order valence-corrected chi connectivity index (χ3v) is 5.79. The van der Waals surface area contributed by atoms with E-state index in [-0.39, 0.29) is 12.5 Å². The average molecular weight is 388 g/mol. The summed E-state index contributed by atoms with van der Waals surface area (Å²) in [5, 5.41) is 3.36. The number of thiophene rings is 1. The highest BCUT2D eigenvalue weighted by atomic mass is 32.1. The quantitative estimate of drug-likeness (QED) is 0.601. The molecule has 2 amide bonds. The molecule has 7 nitrogen and oxygen atoms in total. The Hall–Kier alpha value is -2.74. The number of nitrogens with zero attached hydrogens (tertiary/aromatic N) is 1. The van der Waals surface area contributed by atoms with Crippen LogP contribution in [0.15, 0.2) is 24.5 Å². The molecule has 2 heterocycles. The monoisotopic (exact) mass is 388 g/mol. The molecule has 0 fully saturated rings. The second-order valence-electron chi connectivity index (χ2n) is 6.72. The number of hydrogen-bond donors (Lipinski definition) is 2. The lowest BCUT2D eigenvalue weighted by Crippen LogP contribution is -2.40. The van der Waals surface area contributed by atoms with Crippen molar-refractivity contribution in [2.45, 2.75) is 32.7 Å². The maximum Gasteiger partial charge on any atom is 0.341 e. The third-order valence-electron chi connectivity index (χ3n) is 4.62. The number of carbonyl (C=O) groups is 3. The van der Waals surface area contributed by atoms with Crippen LogP contribution in [-0.4, -0.2) is 24.9 Å². The minimum atomic E-state index is -0.558. The molecule has 27 heavy (non-hydrogen) atoms. The largest absolute Gasteiger partial charge is 0.465 e. The number of amides is 2. The van der Waals surface area contributed by atoms with Crippen molar-refractivity contribution in [3.8, 4) is 0 Å². The van der Waals surface area contributed by atoms with Gasteiger partial charge in [0.2, 0.25) is 6.54 Å². The van der Waals surface area contributed by atoms with Crippen LogP contribution in [0.3, 0.4) is 0 Å². The molecule has 1 aliphatic carbocycles. The Labute approximate surface area is 161 Å². The lowest BCUT2D eigenvalue weighted by atomic mass is 9.88. The molecule has 0 bridgehead atoms. The zero-order valence-electron chi connectivity index (χ0n) is 15.3. The Kier molecular flexibility index (Phi) is 5.55. The van der Waals surface area contributed by atoms with Gasteiger partial charge in [-0.05, 0) is 36.8 Å². The lowest BCUT2D eigenvalue weighted by Gasteiger charge is -2.18. The topological polar surface area (TPSA) is 102 Å². The van der Waals surface area contributed by atoms with Crippen molar-refractivity contribution in [1.82, 2.24) is 0 Å². The number of carbonyl (C=O) groups excluding carboxylic acids is 3. The summed E-state index contributed by atoms with van der Waals surface area (Å²) in [5.74, 6) is -0.728. The van der Waals surface area contributed by atoms with E-state index in [9.17, 15) is 14.4 Å². The van der Waals surface area contributed by atoms with Gasteiger partial charge in [0.15, 0.2) is 12.4 Å². The van der Waals surface area contributed by atoms with Crippen LogP contribution in [0.2, 0.25) is 0 Å².